The maximum absolute atomic E-state index is 9.79. The monoisotopic (exact) mass is 313 g/mol. The van der Waals surface area contributed by atoms with Crippen molar-refractivity contribution in [3.63, 3.8) is 0 Å². The van der Waals surface area contributed by atoms with Gasteiger partial charge in [0.2, 0.25) is 0 Å². The first-order valence-corrected chi connectivity index (χ1v) is 7.16. The van der Waals surface area contributed by atoms with Gasteiger partial charge in [0, 0.05) is 34.6 Å². The van der Waals surface area contributed by atoms with Crippen molar-refractivity contribution in [1.82, 2.24) is 5.32 Å². The Kier molecular flexibility index (Phi) is 4.30. The number of aliphatic hydroxyl groups excluding tert-OH is 1. The molecule has 100 valence electrons. The van der Waals surface area contributed by atoms with Gasteiger partial charge in [-0.05, 0) is 31.0 Å². The van der Waals surface area contributed by atoms with Crippen LogP contribution in [0.1, 0.15) is 31.7 Å². The van der Waals surface area contributed by atoms with Crippen LogP contribution in [-0.4, -0.2) is 22.9 Å². The number of phenols is 1. The van der Waals surface area contributed by atoms with E-state index in [2.05, 4.69) is 28.2 Å². The molecule has 1 aliphatic carbocycles. The Morgan fingerprint density at radius 1 is 1.50 bits per heavy atom. The third-order valence-corrected chi connectivity index (χ3v) is 4.52. The van der Waals surface area contributed by atoms with Gasteiger partial charge in [-0.15, -0.1) is 0 Å². The van der Waals surface area contributed by atoms with Crippen LogP contribution in [-0.2, 0) is 6.54 Å². The van der Waals surface area contributed by atoms with Gasteiger partial charge in [-0.1, -0.05) is 29.3 Å². The van der Waals surface area contributed by atoms with Crippen LogP contribution in [0.4, 0.5) is 0 Å². The summed E-state index contributed by atoms with van der Waals surface area (Å²) in [4.78, 5) is 0. The summed E-state index contributed by atoms with van der Waals surface area (Å²) in [5.74, 6) is 0.314. The van der Waals surface area contributed by atoms with E-state index < -0.39 is 0 Å². The van der Waals surface area contributed by atoms with Gasteiger partial charge in [-0.3, -0.25) is 0 Å². The van der Waals surface area contributed by atoms with Gasteiger partial charge >= 0.3 is 0 Å². The Hall–Kier alpha value is -0.580. The van der Waals surface area contributed by atoms with E-state index in [-0.39, 0.29) is 12.0 Å². The van der Waals surface area contributed by atoms with Crippen molar-refractivity contribution in [2.45, 2.75) is 38.8 Å². The zero-order chi connectivity index (χ0) is 13.2. The second kappa shape index (κ2) is 5.59. The van der Waals surface area contributed by atoms with Crippen molar-refractivity contribution in [1.29, 1.82) is 0 Å². The van der Waals surface area contributed by atoms with E-state index in [1.807, 2.05) is 12.1 Å². The van der Waals surface area contributed by atoms with Crippen molar-refractivity contribution < 1.29 is 10.2 Å². The molecule has 3 N–H and O–H groups in total. The highest BCUT2D eigenvalue weighted by molar-refractivity contribution is 9.10. The molecule has 2 atom stereocenters. The molecule has 1 fully saturated rings. The molecule has 2 rings (SSSR count). The maximum Gasteiger partial charge on any atom is 0.120 e. The summed E-state index contributed by atoms with van der Waals surface area (Å²) < 4.78 is 0.966. The highest BCUT2D eigenvalue weighted by Crippen LogP contribution is 2.37. The van der Waals surface area contributed by atoms with Crippen molar-refractivity contribution in [3.05, 3.63) is 28.2 Å². The van der Waals surface area contributed by atoms with Crippen LogP contribution in [0.3, 0.4) is 0 Å². The van der Waals surface area contributed by atoms with Crippen LogP contribution in [0.25, 0.3) is 0 Å². The van der Waals surface area contributed by atoms with Crippen molar-refractivity contribution >= 4 is 15.9 Å². The van der Waals surface area contributed by atoms with Gasteiger partial charge in [0.25, 0.3) is 0 Å². The summed E-state index contributed by atoms with van der Waals surface area (Å²) in [7, 11) is 0. The number of halogens is 1. The molecule has 1 aromatic carbocycles. The number of benzene rings is 1. The van der Waals surface area contributed by atoms with E-state index in [0.717, 1.165) is 29.3 Å². The van der Waals surface area contributed by atoms with Gasteiger partial charge in [-0.2, -0.15) is 0 Å². The Bertz CT molecular complexity index is 424. The first kappa shape index (κ1) is 13.8. The van der Waals surface area contributed by atoms with Gasteiger partial charge in [0.1, 0.15) is 5.75 Å². The Balaban J connectivity index is 2.01. The molecule has 0 heterocycles. The van der Waals surface area contributed by atoms with E-state index in [0.29, 0.717) is 18.3 Å². The Labute approximate surface area is 116 Å². The van der Waals surface area contributed by atoms with E-state index in [1.165, 1.54) is 0 Å². The van der Waals surface area contributed by atoms with Crippen molar-refractivity contribution in [2.24, 2.45) is 5.41 Å². The minimum Gasteiger partial charge on any atom is -0.508 e. The van der Waals surface area contributed by atoms with Gasteiger partial charge in [-0.25, -0.2) is 0 Å². The number of hydrogen-bond acceptors (Lipinski definition) is 3. The second-order valence-electron chi connectivity index (χ2n) is 5.41. The zero-order valence-electron chi connectivity index (χ0n) is 10.6. The number of nitrogens with one attached hydrogen (secondary N) is 1. The normalized spacial score (nSPS) is 27.6. The molecule has 1 aromatic rings. The van der Waals surface area contributed by atoms with Crippen LogP contribution in [0.15, 0.2) is 22.7 Å². The zero-order valence-corrected chi connectivity index (χ0v) is 12.2. The quantitative estimate of drug-likeness (QED) is 0.801. The first-order valence-electron chi connectivity index (χ1n) is 6.37. The lowest BCUT2D eigenvalue weighted by Crippen LogP contribution is -2.41. The fourth-order valence-corrected chi connectivity index (χ4v) is 3.11. The summed E-state index contributed by atoms with van der Waals surface area (Å²) in [5.41, 5.74) is 0.860. The molecule has 1 saturated carbocycles. The predicted molar refractivity (Wildman–Crippen MR) is 75.5 cm³/mol. The lowest BCUT2D eigenvalue weighted by Gasteiger charge is -2.30. The van der Waals surface area contributed by atoms with E-state index >= 15 is 0 Å². The average molecular weight is 314 g/mol. The SMILES string of the molecule is CC1(CO)CCCC1NCc1cc(Br)ccc1O. The molecule has 0 bridgehead atoms. The topological polar surface area (TPSA) is 52.5 Å². The number of phenolic OH excluding ortho intramolecular Hbond substituents is 1. The summed E-state index contributed by atoms with van der Waals surface area (Å²) in [6.07, 6.45) is 3.30. The second-order valence-corrected chi connectivity index (χ2v) is 6.33. The van der Waals surface area contributed by atoms with Crippen molar-refractivity contribution in [3.8, 4) is 5.75 Å². The van der Waals surface area contributed by atoms with Gasteiger partial charge < -0.3 is 15.5 Å². The highest BCUT2D eigenvalue weighted by atomic mass is 79.9. The molecule has 0 radical (unpaired) electrons. The average Bonchev–Trinajstić information content (AvgIpc) is 2.73. The lowest BCUT2D eigenvalue weighted by atomic mass is 9.85. The van der Waals surface area contributed by atoms with Gasteiger partial charge in [0.15, 0.2) is 0 Å². The third-order valence-electron chi connectivity index (χ3n) is 4.02. The standard InChI is InChI=1S/C14H20BrNO2/c1-14(9-17)6-2-3-13(14)16-8-10-7-11(15)4-5-12(10)18/h4-5,7,13,16-18H,2-3,6,8-9H2,1H3. The molecular formula is C14H20BrNO2. The third kappa shape index (κ3) is 2.87. The molecule has 2 unspecified atom stereocenters. The number of aliphatic hydroxyl groups is 1. The maximum atomic E-state index is 9.79. The van der Waals surface area contributed by atoms with Crippen molar-refractivity contribution in [2.75, 3.05) is 6.61 Å². The van der Waals surface area contributed by atoms with Crippen LogP contribution in [0.2, 0.25) is 0 Å². The summed E-state index contributed by atoms with van der Waals surface area (Å²) >= 11 is 3.41. The molecule has 4 heteroatoms. The molecule has 0 amide bonds. The smallest absolute Gasteiger partial charge is 0.120 e. The summed E-state index contributed by atoms with van der Waals surface area (Å²) in [6, 6.07) is 5.77. The van der Waals surface area contributed by atoms with Crippen LogP contribution >= 0.6 is 15.9 Å². The van der Waals surface area contributed by atoms with E-state index in [9.17, 15) is 10.2 Å². The van der Waals surface area contributed by atoms with Gasteiger partial charge in [0.05, 0.1) is 0 Å². The van der Waals surface area contributed by atoms with Crippen LogP contribution in [0.5, 0.6) is 5.75 Å². The fourth-order valence-electron chi connectivity index (χ4n) is 2.70. The van der Waals surface area contributed by atoms with Crippen LogP contribution < -0.4 is 5.32 Å². The molecule has 0 spiro atoms. The minimum atomic E-state index is -0.0262. The lowest BCUT2D eigenvalue weighted by molar-refractivity contribution is 0.118. The molecule has 0 saturated heterocycles. The summed E-state index contributed by atoms with van der Waals surface area (Å²) in [5, 5.41) is 22.7. The molecule has 0 aromatic heterocycles. The Morgan fingerprint density at radius 2 is 2.28 bits per heavy atom. The molecule has 18 heavy (non-hydrogen) atoms. The highest BCUT2D eigenvalue weighted by Gasteiger charge is 2.37. The fraction of sp³-hybridized carbons (Fsp3) is 0.571. The van der Waals surface area contributed by atoms with E-state index in [1.54, 1.807) is 6.07 Å². The number of rotatable bonds is 4. The number of aromatic hydroxyl groups is 1. The molecule has 0 aliphatic heterocycles. The molecular weight excluding hydrogens is 294 g/mol. The summed E-state index contributed by atoms with van der Waals surface area (Å²) in [6.45, 7) is 2.97. The Morgan fingerprint density at radius 3 is 3.00 bits per heavy atom. The number of hydrogen-bond donors (Lipinski definition) is 3. The predicted octanol–water partition coefficient (Wildman–Crippen LogP) is 2.80. The molecule has 3 nitrogen and oxygen atoms in total. The largest absolute Gasteiger partial charge is 0.508 e. The molecule has 1 aliphatic rings. The van der Waals surface area contributed by atoms with Crippen LogP contribution in [0, 0.1) is 5.41 Å². The minimum absolute atomic E-state index is 0.0262. The first-order chi connectivity index (χ1) is 8.55. The van der Waals surface area contributed by atoms with E-state index in [4.69, 9.17) is 0 Å².